The molecule has 2 heterocycles. The van der Waals surface area contributed by atoms with Gasteiger partial charge in [0.05, 0.1) is 5.01 Å². The normalized spacial score (nSPS) is 11.8. The van der Waals surface area contributed by atoms with E-state index >= 15 is 0 Å². The van der Waals surface area contributed by atoms with Gasteiger partial charge in [-0.3, -0.25) is 0 Å². The van der Waals surface area contributed by atoms with Gasteiger partial charge < -0.3 is 5.73 Å². The summed E-state index contributed by atoms with van der Waals surface area (Å²) in [7, 11) is -3.41. The molecule has 0 radical (unpaired) electrons. The molecule has 0 atom stereocenters. The molecule has 2 rings (SSSR count). The summed E-state index contributed by atoms with van der Waals surface area (Å²) in [6.45, 7) is 0.713. The third kappa shape index (κ3) is 3.36. The van der Waals surface area contributed by atoms with Crippen molar-refractivity contribution >= 4 is 32.7 Å². The molecule has 0 spiro atoms. The van der Waals surface area contributed by atoms with Crippen molar-refractivity contribution in [1.82, 2.24) is 9.71 Å². The molecule has 0 aliphatic heterocycles. The van der Waals surface area contributed by atoms with E-state index in [0.717, 1.165) is 9.88 Å². The molecule has 0 unspecified atom stereocenters. The molecule has 0 aliphatic rings. The zero-order valence-corrected chi connectivity index (χ0v) is 11.9. The molecule has 2 aromatic heterocycles. The molecule has 2 aromatic rings. The Morgan fingerprint density at radius 3 is 2.83 bits per heavy atom. The minimum Gasteiger partial charge on any atom is -0.326 e. The van der Waals surface area contributed by atoms with E-state index in [1.807, 2.05) is 5.38 Å². The number of hydrogen-bond acceptors (Lipinski definition) is 6. The zero-order valence-electron chi connectivity index (χ0n) is 9.50. The third-order valence-electron chi connectivity index (χ3n) is 2.22. The van der Waals surface area contributed by atoms with Gasteiger partial charge in [0, 0.05) is 36.0 Å². The first-order valence-electron chi connectivity index (χ1n) is 5.28. The molecule has 0 amide bonds. The van der Waals surface area contributed by atoms with Gasteiger partial charge in [-0.15, -0.1) is 22.7 Å². The molecule has 18 heavy (non-hydrogen) atoms. The number of hydrogen-bond donors (Lipinski definition) is 2. The van der Waals surface area contributed by atoms with Crippen LogP contribution in [0.4, 0.5) is 0 Å². The average molecular weight is 303 g/mol. The summed E-state index contributed by atoms with van der Waals surface area (Å²) >= 11 is 2.72. The molecule has 8 heteroatoms. The van der Waals surface area contributed by atoms with Crippen molar-refractivity contribution in [3.8, 4) is 0 Å². The smallest absolute Gasteiger partial charge is 0.250 e. The van der Waals surface area contributed by atoms with Gasteiger partial charge in [-0.1, -0.05) is 0 Å². The molecule has 98 valence electrons. The van der Waals surface area contributed by atoms with Crippen LogP contribution in [0, 0.1) is 0 Å². The van der Waals surface area contributed by atoms with Crippen molar-refractivity contribution in [1.29, 1.82) is 0 Å². The Morgan fingerprint density at radius 2 is 2.22 bits per heavy atom. The zero-order chi connectivity index (χ0) is 13.0. The van der Waals surface area contributed by atoms with Crippen molar-refractivity contribution < 1.29 is 8.42 Å². The molecule has 5 nitrogen and oxygen atoms in total. The summed E-state index contributed by atoms with van der Waals surface area (Å²) in [6.07, 6.45) is 2.31. The summed E-state index contributed by atoms with van der Waals surface area (Å²) < 4.78 is 26.7. The highest BCUT2D eigenvalue weighted by Gasteiger charge is 2.15. The second-order valence-corrected chi connectivity index (χ2v) is 7.64. The van der Waals surface area contributed by atoms with Crippen LogP contribution in [0.2, 0.25) is 0 Å². The number of nitrogens with two attached hydrogens (primary N) is 1. The van der Waals surface area contributed by atoms with Crippen molar-refractivity contribution in [2.24, 2.45) is 5.73 Å². The molecule has 0 saturated heterocycles. The first-order chi connectivity index (χ1) is 8.62. The Morgan fingerprint density at radius 1 is 1.39 bits per heavy atom. The number of nitrogens with zero attached hydrogens (tertiary/aromatic N) is 1. The van der Waals surface area contributed by atoms with Gasteiger partial charge in [-0.25, -0.2) is 18.1 Å². The van der Waals surface area contributed by atoms with Crippen LogP contribution in [0.1, 0.15) is 9.88 Å². The van der Waals surface area contributed by atoms with Gasteiger partial charge in [0.15, 0.2) is 0 Å². The first-order valence-corrected chi connectivity index (χ1v) is 8.46. The molecule has 3 N–H and O–H groups in total. The fourth-order valence-electron chi connectivity index (χ4n) is 1.35. The van der Waals surface area contributed by atoms with Crippen LogP contribution in [-0.2, 0) is 23.0 Å². The van der Waals surface area contributed by atoms with Crippen LogP contribution in [0.5, 0.6) is 0 Å². The minimum atomic E-state index is -3.41. The predicted octanol–water partition coefficient (Wildman–Crippen LogP) is 1.18. The lowest BCUT2D eigenvalue weighted by Gasteiger charge is -2.02. The minimum absolute atomic E-state index is 0.307. The van der Waals surface area contributed by atoms with Crippen LogP contribution < -0.4 is 10.5 Å². The van der Waals surface area contributed by atoms with Crippen LogP contribution in [-0.4, -0.2) is 19.9 Å². The number of sulfonamides is 1. The van der Waals surface area contributed by atoms with Crippen LogP contribution in [0.25, 0.3) is 0 Å². The second kappa shape index (κ2) is 5.89. The van der Waals surface area contributed by atoms with Gasteiger partial charge in [-0.05, 0) is 12.1 Å². The number of nitrogens with one attached hydrogen (secondary N) is 1. The molecule has 0 aromatic carbocycles. The van der Waals surface area contributed by atoms with Gasteiger partial charge in [0.1, 0.15) is 4.21 Å². The van der Waals surface area contributed by atoms with E-state index in [4.69, 9.17) is 5.73 Å². The monoisotopic (exact) mass is 303 g/mol. The van der Waals surface area contributed by atoms with Crippen LogP contribution >= 0.6 is 22.7 Å². The maximum atomic E-state index is 11.9. The molecular weight excluding hydrogens is 290 g/mol. The van der Waals surface area contributed by atoms with Crippen molar-refractivity contribution in [3.63, 3.8) is 0 Å². The second-order valence-electron chi connectivity index (χ2n) is 3.50. The Labute approximate surface area is 114 Å². The topological polar surface area (TPSA) is 85.1 Å². The lowest BCUT2D eigenvalue weighted by atomic mass is 10.5. The lowest BCUT2D eigenvalue weighted by molar-refractivity contribution is 0.583. The van der Waals surface area contributed by atoms with E-state index in [-0.39, 0.29) is 0 Å². The molecule has 0 bridgehead atoms. The first kappa shape index (κ1) is 13.6. The van der Waals surface area contributed by atoms with E-state index in [1.165, 1.54) is 22.7 Å². The summed E-state index contributed by atoms with van der Waals surface area (Å²) in [5, 5.41) is 2.79. The van der Waals surface area contributed by atoms with Crippen molar-refractivity contribution in [3.05, 3.63) is 33.6 Å². The van der Waals surface area contributed by atoms with Gasteiger partial charge >= 0.3 is 0 Å². The molecule has 0 saturated carbocycles. The van der Waals surface area contributed by atoms with E-state index in [0.29, 0.717) is 23.7 Å². The number of rotatable bonds is 6. The summed E-state index contributed by atoms with van der Waals surface area (Å²) in [4.78, 5) is 4.95. The highest BCUT2D eigenvalue weighted by molar-refractivity contribution is 7.91. The maximum Gasteiger partial charge on any atom is 0.250 e. The third-order valence-corrected chi connectivity index (χ3v) is 6.12. The van der Waals surface area contributed by atoms with Crippen LogP contribution in [0.15, 0.2) is 27.9 Å². The van der Waals surface area contributed by atoms with Gasteiger partial charge in [-0.2, -0.15) is 0 Å². The molecule has 0 aliphatic carbocycles. The van der Waals surface area contributed by atoms with E-state index in [1.54, 1.807) is 18.3 Å². The molecule has 0 fully saturated rings. The van der Waals surface area contributed by atoms with E-state index < -0.39 is 10.0 Å². The summed E-state index contributed by atoms with van der Waals surface area (Å²) in [6, 6.07) is 3.32. The summed E-state index contributed by atoms with van der Waals surface area (Å²) in [5.74, 6) is 0. The van der Waals surface area contributed by atoms with Crippen molar-refractivity contribution in [2.45, 2.75) is 17.2 Å². The Kier molecular flexibility index (Phi) is 4.46. The largest absolute Gasteiger partial charge is 0.326 e. The predicted molar refractivity (Wildman–Crippen MR) is 73.2 cm³/mol. The highest BCUT2D eigenvalue weighted by Crippen LogP contribution is 2.20. The van der Waals surface area contributed by atoms with E-state index in [9.17, 15) is 8.42 Å². The lowest BCUT2D eigenvalue weighted by Crippen LogP contribution is -2.25. The number of thiophene rings is 1. The quantitative estimate of drug-likeness (QED) is 0.839. The number of thiazole rings is 1. The molecular formula is C10H13N3O2S3. The standard InChI is InChI=1S/C10H13N3O2S3/c11-7-8-1-2-10(17-8)18(14,15)13-4-3-9-12-5-6-16-9/h1-2,5-6,13H,3-4,7,11H2. The van der Waals surface area contributed by atoms with Gasteiger partial charge in [0.25, 0.3) is 0 Å². The Bertz CT molecular complexity index is 590. The average Bonchev–Trinajstić information content (AvgIpc) is 2.99. The highest BCUT2D eigenvalue weighted by atomic mass is 32.2. The SMILES string of the molecule is NCc1ccc(S(=O)(=O)NCCc2nccs2)s1. The number of aromatic nitrogens is 1. The van der Waals surface area contributed by atoms with Gasteiger partial charge in [0.2, 0.25) is 10.0 Å². The summed E-state index contributed by atoms with van der Waals surface area (Å²) in [5.41, 5.74) is 5.46. The maximum absolute atomic E-state index is 11.9. The van der Waals surface area contributed by atoms with Crippen molar-refractivity contribution in [2.75, 3.05) is 6.54 Å². The fraction of sp³-hybridized carbons (Fsp3) is 0.300. The Hall–Kier alpha value is -0.800. The fourth-order valence-corrected chi connectivity index (χ4v) is 4.28. The van der Waals surface area contributed by atoms with E-state index in [2.05, 4.69) is 9.71 Å². The Balaban J connectivity index is 1.95. The van der Waals surface area contributed by atoms with Crippen LogP contribution in [0.3, 0.4) is 0 Å².